The number of benzene rings is 1. The molecule has 2 heterocycles. The van der Waals surface area contributed by atoms with E-state index in [4.69, 9.17) is 23.8 Å². The lowest BCUT2D eigenvalue weighted by Gasteiger charge is -2.28. The van der Waals surface area contributed by atoms with Crippen LogP contribution in [-0.4, -0.2) is 16.9 Å². The number of hydrogen-bond acceptors (Lipinski definition) is 4. The summed E-state index contributed by atoms with van der Waals surface area (Å²) in [7, 11) is 0. The number of aryl methyl sites for hydroxylation is 1. The maximum Gasteiger partial charge on any atom is 0.270 e. The zero-order valence-corrected chi connectivity index (χ0v) is 14.4. The van der Waals surface area contributed by atoms with Crippen molar-refractivity contribution in [3.8, 4) is 0 Å². The Morgan fingerprint density at radius 3 is 2.48 bits per heavy atom. The fraction of sp³-hybridized carbons (Fsp3) is 0.0625. The van der Waals surface area contributed by atoms with Crippen molar-refractivity contribution in [3.63, 3.8) is 0 Å². The minimum atomic E-state index is -0.507. The van der Waals surface area contributed by atoms with Gasteiger partial charge in [0.1, 0.15) is 5.57 Å². The summed E-state index contributed by atoms with van der Waals surface area (Å²) in [4.78, 5) is 26.9. The van der Waals surface area contributed by atoms with E-state index in [-0.39, 0.29) is 10.7 Å². The summed E-state index contributed by atoms with van der Waals surface area (Å²) in [6.45, 7) is 1.95. The summed E-state index contributed by atoms with van der Waals surface area (Å²) in [6.07, 6.45) is 1.52. The van der Waals surface area contributed by atoms with E-state index in [1.165, 1.54) is 22.3 Å². The molecule has 0 spiro atoms. The average molecular weight is 363 g/mol. The number of thiocarbonyl (C=S) groups is 1. The molecule has 0 aliphatic carbocycles. The number of halogens is 1. The van der Waals surface area contributed by atoms with Crippen LogP contribution in [0.1, 0.15) is 10.4 Å². The van der Waals surface area contributed by atoms with E-state index in [2.05, 4.69) is 5.32 Å². The number of carbonyl (C=O) groups is 2. The van der Waals surface area contributed by atoms with Crippen LogP contribution >= 0.6 is 35.2 Å². The smallest absolute Gasteiger partial charge is 0.270 e. The van der Waals surface area contributed by atoms with Gasteiger partial charge in [-0.1, -0.05) is 29.3 Å². The molecule has 7 heteroatoms. The maximum absolute atomic E-state index is 12.7. The second-order valence-electron chi connectivity index (χ2n) is 4.94. The molecule has 1 aromatic heterocycles. The fourth-order valence-electron chi connectivity index (χ4n) is 2.13. The standard InChI is InChI=1S/C16H11ClN2O2S2/c1-9-2-4-10(5-3-9)19-15(21)12(14(20)18-16(19)22)8-11-6-7-13(17)23-11/h2-8H,1H3,(H,18,20,22)/b12-8+. The van der Waals surface area contributed by atoms with Gasteiger partial charge < -0.3 is 0 Å². The van der Waals surface area contributed by atoms with Gasteiger partial charge in [0.15, 0.2) is 5.11 Å². The van der Waals surface area contributed by atoms with Gasteiger partial charge in [-0.25, -0.2) is 0 Å². The predicted octanol–water partition coefficient (Wildman–Crippen LogP) is 3.54. The van der Waals surface area contributed by atoms with Crippen LogP contribution in [0.15, 0.2) is 42.0 Å². The van der Waals surface area contributed by atoms with Crippen molar-refractivity contribution < 1.29 is 9.59 Å². The van der Waals surface area contributed by atoms with Crippen molar-refractivity contribution in [1.82, 2.24) is 5.32 Å². The summed E-state index contributed by atoms with van der Waals surface area (Å²) in [5.41, 5.74) is 1.70. The van der Waals surface area contributed by atoms with E-state index >= 15 is 0 Å². The summed E-state index contributed by atoms with van der Waals surface area (Å²) in [6, 6.07) is 10.8. The number of carbonyl (C=O) groups excluding carboxylic acids is 2. The Balaban J connectivity index is 2.00. The molecule has 1 fully saturated rings. The molecule has 2 amide bonds. The SMILES string of the molecule is Cc1ccc(N2C(=O)/C(=C/c3ccc(Cl)s3)C(=O)NC2=S)cc1. The van der Waals surface area contributed by atoms with Crippen molar-refractivity contribution in [2.24, 2.45) is 0 Å². The van der Waals surface area contributed by atoms with E-state index in [1.807, 2.05) is 19.1 Å². The lowest BCUT2D eigenvalue weighted by atomic mass is 10.1. The van der Waals surface area contributed by atoms with Crippen molar-refractivity contribution in [2.75, 3.05) is 4.90 Å². The number of nitrogens with zero attached hydrogens (tertiary/aromatic N) is 1. The first-order valence-corrected chi connectivity index (χ1v) is 8.29. The zero-order chi connectivity index (χ0) is 16.6. The van der Waals surface area contributed by atoms with E-state index < -0.39 is 11.8 Å². The van der Waals surface area contributed by atoms with Gasteiger partial charge >= 0.3 is 0 Å². The summed E-state index contributed by atoms with van der Waals surface area (Å²) in [5.74, 6) is -0.958. The molecule has 1 N–H and O–H groups in total. The molecule has 0 bridgehead atoms. The normalized spacial score (nSPS) is 16.9. The lowest BCUT2D eigenvalue weighted by molar-refractivity contribution is -0.122. The summed E-state index contributed by atoms with van der Waals surface area (Å²) in [5, 5.41) is 2.63. The lowest BCUT2D eigenvalue weighted by Crippen LogP contribution is -2.54. The van der Waals surface area contributed by atoms with Crippen LogP contribution in [0.2, 0.25) is 4.34 Å². The van der Waals surface area contributed by atoms with E-state index in [0.717, 1.165) is 10.4 Å². The van der Waals surface area contributed by atoms with Gasteiger partial charge in [0.05, 0.1) is 10.0 Å². The molecule has 3 rings (SSSR count). The molecule has 1 aromatic carbocycles. The van der Waals surface area contributed by atoms with Crippen LogP contribution in [0.25, 0.3) is 6.08 Å². The topological polar surface area (TPSA) is 49.4 Å². The van der Waals surface area contributed by atoms with Crippen LogP contribution < -0.4 is 10.2 Å². The Hall–Kier alpha value is -2.02. The highest BCUT2D eigenvalue weighted by Crippen LogP contribution is 2.26. The quantitative estimate of drug-likeness (QED) is 0.505. The van der Waals surface area contributed by atoms with Crippen LogP contribution in [0.5, 0.6) is 0 Å². The minimum Gasteiger partial charge on any atom is -0.298 e. The Morgan fingerprint density at radius 1 is 1.17 bits per heavy atom. The maximum atomic E-state index is 12.7. The van der Waals surface area contributed by atoms with Crippen molar-refractivity contribution in [3.05, 3.63) is 56.7 Å². The Labute approximate surface area is 147 Å². The van der Waals surface area contributed by atoms with Crippen LogP contribution in [0, 0.1) is 6.92 Å². The summed E-state index contributed by atoms with van der Waals surface area (Å²) >= 11 is 12.3. The molecular weight excluding hydrogens is 352 g/mol. The van der Waals surface area contributed by atoms with E-state index in [9.17, 15) is 9.59 Å². The minimum absolute atomic E-state index is 0.0256. The largest absolute Gasteiger partial charge is 0.298 e. The first kappa shape index (κ1) is 15.9. The molecule has 1 aliphatic heterocycles. The molecule has 1 aliphatic rings. The number of thiophene rings is 1. The van der Waals surface area contributed by atoms with Crippen molar-refractivity contribution in [1.29, 1.82) is 0 Å². The van der Waals surface area contributed by atoms with Crippen molar-refractivity contribution in [2.45, 2.75) is 6.92 Å². The Kier molecular flexibility index (Phi) is 4.30. The zero-order valence-electron chi connectivity index (χ0n) is 12.0. The average Bonchev–Trinajstić information content (AvgIpc) is 2.91. The van der Waals surface area contributed by atoms with Gasteiger partial charge in [-0.3, -0.25) is 19.8 Å². The number of rotatable bonds is 2. The van der Waals surface area contributed by atoms with Gasteiger partial charge in [-0.05, 0) is 49.5 Å². The molecule has 0 radical (unpaired) electrons. The molecule has 116 valence electrons. The Morgan fingerprint density at radius 2 is 1.87 bits per heavy atom. The first-order valence-electron chi connectivity index (χ1n) is 6.69. The number of anilines is 1. The Bertz CT molecular complexity index is 840. The van der Waals surface area contributed by atoms with Gasteiger partial charge in [0.2, 0.25) is 0 Å². The third-order valence-electron chi connectivity index (χ3n) is 3.27. The van der Waals surface area contributed by atoms with Crippen LogP contribution in [0.3, 0.4) is 0 Å². The molecule has 0 saturated carbocycles. The molecular formula is C16H11ClN2O2S2. The second-order valence-corrected chi connectivity index (χ2v) is 7.07. The number of amides is 2. The third-order valence-corrected chi connectivity index (χ3v) is 4.74. The molecule has 0 unspecified atom stereocenters. The molecule has 2 aromatic rings. The molecule has 1 saturated heterocycles. The van der Waals surface area contributed by atoms with Gasteiger partial charge in [-0.15, -0.1) is 11.3 Å². The van der Waals surface area contributed by atoms with Gasteiger partial charge in [-0.2, -0.15) is 0 Å². The van der Waals surface area contributed by atoms with Crippen molar-refractivity contribution >= 4 is 63.8 Å². The number of nitrogens with one attached hydrogen (secondary N) is 1. The first-order chi connectivity index (χ1) is 11.0. The monoisotopic (exact) mass is 362 g/mol. The fourth-order valence-corrected chi connectivity index (χ4v) is 3.42. The van der Waals surface area contributed by atoms with Crippen LogP contribution in [0.4, 0.5) is 5.69 Å². The molecule has 4 nitrogen and oxygen atoms in total. The number of hydrogen-bond donors (Lipinski definition) is 1. The van der Waals surface area contributed by atoms with E-state index in [0.29, 0.717) is 10.0 Å². The van der Waals surface area contributed by atoms with Gasteiger partial charge in [0.25, 0.3) is 11.8 Å². The highest BCUT2D eigenvalue weighted by molar-refractivity contribution is 7.80. The van der Waals surface area contributed by atoms with Gasteiger partial charge in [0, 0.05) is 4.88 Å². The van der Waals surface area contributed by atoms with E-state index in [1.54, 1.807) is 24.3 Å². The summed E-state index contributed by atoms with van der Waals surface area (Å²) < 4.78 is 0.589. The predicted molar refractivity (Wildman–Crippen MR) is 96.7 cm³/mol. The molecule has 0 atom stereocenters. The molecule has 23 heavy (non-hydrogen) atoms. The second kappa shape index (κ2) is 6.23. The van der Waals surface area contributed by atoms with Crippen LogP contribution in [-0.2, 0) is 9.59 Å². The third kappa shape index (κ3) is 3.19. The highest BCUT2D eigenvalue weighted by atomic mass is 35.5. The highest BCUT2D eigenvalue weighted by Gasteiger charge is 2.34.